The van der Waals surface area contributed by atoms with Crippen molar-refractivity contribution in [2.45, 2.75) is 46.0 Å². The molecule has 0 radical (unpaired) electrons. The molecule has 0 spiro atoms. The monoisotopic (exact) mass is 514 g/mol. The van der Waals surface area contributed by atoms with Gasteiger partial charge in [-0.1, -0.05) is 30.3 Å². The summed E-state index contributed by atoms with van der Waals surface area (Å²) in [7, 11) is 1.20. The smallest absolute Gasteiger partial charge is 0.419 e. The third-order valence-corrected chi connectivity index (χ3v) is 6.09. The second kappa shape index (κ2) is 10.9. The Hall–Kier alpha value is -4.01. The lowest BCUT2D eigenvalue weighted by Crippen LogP contribution is -2.38. The van der Waals surface area contributed by atoms with Gasteiger partial charge in [-0.3, -0.25) is 9.59 Å². The van der Waals surface area contributed by atoms with Gasteiger partial charge in [-0.05, 0) is 79.8 Å². The van der Waals surface area contributed by atoms with Crippen LogP contribution in [0.5, 0.6) is 5.75 Å². The van der Waals surface area contributed by atoms with Gasteiger partial charge in [0.1, 0.15) is 11.8 Å². The van der Waals surface area contributed by atoms with Crippen LogP contribution in [0.25, 0.3) is 11.1 Å². The average molecular weight is 515 g/mol. The predicted octanol–water partition coefficient (Wildman–Crippen LogP) is 6.37. The number of aliphatic carboxylic acids is 1. The van der Waals surface area contributed by atoms with E-state index in [2.05, 4.69) is 10.6 Å². The number of methoxy groups -OCH3 is 1. The summed E-state index contributed by atoms with van der Waals surface area (Å²) in [6.07, 6.45) is -4.54. The number of amides is 1. The molecule has 0 aliphatic heterocycles. The van der Waals surface area contributed by atoms with Crippen LogP contribution >= 0.6 is 0 Å². The molecule has 3 aromatic carbocycles. The van der Waals surface area contributed by atoms with Gasteiger partial charge >= 0.3 is 12.1 Å². The largest absolute Gasteiger partial charge is 0.496 e. The van der Waals surface area contributed by atoms with Crippen molar-refractivity contribution in [3.8, 4) is 16.9 Å². The van der Waals surface area contributed by atoms with E-state index in [4.69, 9.17) is 9.84 Å². The maximum atomic E-state index is 13.4. The number of hydrogen-bond donors (Lipinski definition) is 3. The summed E-state index contributed by atoms with van der Waals surface area (Å²) in [6, 6.07) is 13.7. The minimum atomic E-state index is -4.54. The molecule has 6 nitrogen and oxygen atoms in total. The number of carbonyl (C=O) groups is 2. The quantitative estimate of drug-likeness (QED) is 0.325. The number of carboxylic acid groups (broad SMARTS) is 1. The van der Waals surface area contributed by atoms with Gasteiger partial charge < -0.3 is 20.5 Å². The second-order valence-electron chi connectivity index (χ2n) is 8.92. The number of ether oxygens (including phenoxy) is 1. The molecule has 3 rings (SSSR count). The highest BCUT2D eigenvalue weighted by molar-refractivity contribution is 5.99. The fraction of sp³-hybridized carbons (Fsp3) is 0.286. The lowest BCUT2D eigenvalue weighted by molar-refractivity contribution is -0.139. The Bertz CT molecular complexity index is 1300. The lowest BCUT2D eigenvalue weighted by Gasteiger charge is -2.20. The maximum absolute atomic E-state index is 13.4. The molecule has 0 saturated carbocycles. The first-order chi connectivity index (χ1) is 17.3. The fourth-order valence-electron chi connectivity index (χ4n) is 4.16. The number of hydrogen-bond acceptors (Lipinski definition) is 4. The van der Waals surface area contributed by atoms with E-state index in [0.717, 1.165) is 17.2 Å². The number of aryl methyl sites for hydroxylation is 2. The molecule has 0 saturated heterocycles. The zero-order valence-corrected chi connectivity index (χ0v) is 21.2. The molecule has 0 aromatic heterocycles. The van der Waals surface area contributed by atoms with E-state index in [9.17, 15) is 22.8 Å². The Labute approximate surface area is 213 Å². The van der Waals surface area contributed by atoms with Gasteiger partial charge in [0, 0.05) is 17.3 Å². The predicted molar refractivity (Wildman–Crippen MR) is 136 cm³/mol. The molecule has 2 atom stereocenters. The first-order valence-electron chi connectivity index (χ1n) is 11.6. The summed E-state index contributed by atoms with van der Waals surface area (Å²) in [4.78, 5) is 23.7. The van der Waals surface area contributed by atoms with Gasteiger partial charge in [0.25, 0.3) is 5.91 Å². The van der Waals surface area contributed by atoms with E-state index < -0.39 is 35.7 Å². The molecule has 0 heterocycles. The van der Waals surface area contributed by atoms with Crippen molar-refractivity contribution >= 4 is 17.6 Å². The van der Waals surface area contributed by atoms with Crippen molar-refractivity contribution in [2.24, 2.45) is 0 Å². The van der Waals surface area contributed by atoms with Gasteiger partial charge in [-0.2, -0.15) is 13.2 Å². The third kappa shape index (κ3) is 6.41. The van der Waals surface area contributed by atoms with Crippen LogP contribution in [0.1, 0.15) is 52.5 Å². The standard InChI is InChI=1S/C28H29F3N2O4/c1-15-11-21(12-16(2)25(15)26(34)33-18(4)27(35)36)20-7-6-8-22(13-20)32-17(3)19-9-10-24(37-5)23(14-19)28(29,30)31/h6-14,17-18,32H,1-5H3,(H,33,34)(H,35,36). The number of carbonyl (C=O) groups excluding carboxylic acids is 1. The molecule has 9 heteroatoms. The first kappa shape index (κ1) is 27.6. The molecular formula is C28H29F3N2O4. The van der Waals surface area contributed by atoms with Crippen molar-refractivity contribution in [3.05, 3.63) is 82.4 Å². The number of anilines is 1. The molecule has 0 bridgehead atoms. The van der Waals surface area contributed by atoms with E-state index in [0.29, 0.717) is 27.9 Å². The van der Waals surface area contributed by atoms with Crippen molar-refractivity contribution in [1.29, 1.82) is 0 Å². The van der Waals surface area contributed by atoms with Crippen LogP contribution in [0.2, 0.25) is 0 Å². The Balaban J connectivity index is 1.86. The van der Waals surface area contributed by atoms with Crippen LogP contribution in [0.15, 0.2) is 54.6 Å². The molecule has 2 unspecified atom stereocenters. The Morgan fingerprint density at radius 3 is 2.16 bits per heavy atom. The van der Waals surface area contributed by atoms with Gasteiger partial charge in [-0.25, -0.2) is 0 Å². The van der Waals surface area contributed by atoms with Crippen LogP contribution in [0.4, 0.5) is 18.9 Å². The highest BCUT2D eigenvalue weighted by atomic mass is 19.4. The molecule has 37 heavy (non-hydrogen) atoms. The molecular weight excluding hydrogens is 485 g/mol. The van der Waals surface area contributed by atoms with Crippen LogP contribution in [0.3, 0.4) is 0 Å². The summed E-state index contributed by atoms with van der Waals surface area (Å²) in [5, 5.41) is 14.8. The Morgan fingerprint density at radius 1 is 0.946 bits per heavy atom. The van der Waals surface area contributed by atoms with Crippen LogP contribution in [-0.2, 0) is 11.0 Å². The number of rotatable bonds is 8. The molecule has 0 aliphatic carbocycles. The van der Waals surface area contributed by atoms with Gasteiger partial charge in [0.05, 0.1) is 12.7 Å². The molecule has 3 N–H and O–H groups in total. The minimum absolute atomic E-state index is 0.231. The Morgan fingerprint density at radius 2 is 1.59 bits per heavy atom. The van der Waals surface area contributed by atoms with Crippen LogP contribution < -0.4 is 15.4 Å². The zero-order chi connectivity index (χ0) is 27.5. The number of carboxylic acids is 1. The van der Waals surface area contributed by atoms with Crippen LogP contribution in [-0.4, -0.2) is 30.1 Å². The minimum Gasteiger partial charge on any atom is -0.496 e. The normalized spacial score (nSPS) is 13.0. The van der Waals surface area contributed by atoms with Gasteiger partial charge in [0.15, 0.2) is 0 Å². The van der Waals surface area contributed by atoms with Crippen molar-refractivity contribution in [1.82, 2.24) is 5.32 Å². The summed E-state index contributed by atoms with van der Waals surface area (Å²) in [6.45, 7) is 6.73. The maximum Gasteiger partial charge on any atom is 0.419 e. The summed E-state index contributed by atoms with van der Waals surface area (Å²) in [5.74, 6) is -1.81. The Kier molecular flexibility index (Phi) is 8.15. The van der Waals surface area contributed by atoms with Crippen LogP contribution in [0, 0.1) is 13.8 Å². The SMILES string of the molecule is COc1ccc(C(C)Nc2cccc(-c3cc(C)c(C(=O)NC(C)C(=O)O)c(C)c3)c2)cc1C(F)(F)F. The molecule has 0 aliphatic rings. The number of halogens is 3. The highest BCUT2D eigenvalue weighted by Crippen LogP contribution is 2.38. The van der Waals surface area contributed by atoms with E-state index >= 15 is 0 Å². The van der Waals surface area contributed by atoms with E-state index in [1.165, 1.54) is 20.1 Å². The van der Waals surface area contributed by atoms with Crippen molar-refractivity contribution in [3.63, 3.8) is 0 Å². The summed E-state index contributed by atoms with van der Waals surface area (Å²) < 4.78 is 45.2. The van der Waals surface area contributed by atoms with E-state index in [1.54, 1.807) is 26.8 Å². The molecule has 0 fully saturated rings. The second-order valence-corrected chi connectivity index (χ2v) is 8.92. The zero-order valence-electron chi connectivity index (χ0n) is 21.2. The molecule has 3 aromatic rings. The topological polar surface area (TPSA) is 87.7 Å². The van der Waals surface area contributed by atoms with Gasteiger partial charge in [-0.15, -0.1) is 0 Å². The summed E-state index contributed by atoms with van der Waals surface area (Å²) in [5.41, 5.74) is 3.82. The molecule has 196 valence electrons. The van der Waals surface area contributed by atoms with Crippen molar-refractivity contribution in [2.75, 3.05) is 12.4 Å². The van der Waals surface area contributed by atoms with E-state index in [1.807, 2.05) is 36.4 Å². The van der Waals surface area contributed by atoms with Crippen molar-refractivity contribution < 1.29 is 32.6 Å². The number of alkyl halides is 3. The van der Waals surface area contributed by atoms with Gasteiger partial charge in [0.2, 0.25) is 0 Å². The average Bonchev–Trinajstić information content (AvgIpc) is 2.82. The number of nitrogens with one attached hydrogen (secondary N) is 2. The molecule has 1 amide bonds. The highest BCUT2D eigenvalue weighted by Gasteiger charge is 2.34. The fourth-order valence-corrected chi connectivity index (χ4v) is 4.16. The first-order valence-corrected chi connectivity index (χ1v) is 11.6. The number of benzene rings is 3. The van der Waals surface area contributed by atoms with E-state index in [-0.39, 0.29) is 5.75 Å². The summed E-state index contributed by atoms with van der Waals surface area (Å²) >= 11 is 0. The third-order valence-electron chi connectivity index (χ3n) is 6.09. The lowest BCUT2D eigenvalue weighted by atomic mass is 9.94.